The van der Waals surface area contributed by atoms with Gasteiger partial charge in [0.25, 0.3) is 0 Å². The van der Waals surface area contributed by atoms with E-state index in [1.54, 1.807) is 34.1 Å². The third-order valence-corrected chi connectivity index (χ3v) is 4.82. The first-order valence-corrected chi connectivity index (χ1v) is 9.20. The van der Waals surface area contributed by atoms with Crippen LogP contribution in [0.5, 0.6) is 0 Å². The summed E-state index contributed by atoms with van der Waals surface area (Å²) in [5, 5.41) is 0.527. The summed E-state index contributed by atoms with van der Waals surface area (Å²) in [6, 6.07) is 8.01. The van der Waals surface area contributed by atoms with Crippen molar-refractivity contribution in [2.24, 2.45) is 0 Å². The van der Waals surface area contributed by atoms with E-state index in [9.17, 15) is 18.0 Å². The molecule has 1 amide bonds. The molecule has 1 aromatic heterocycles. The Bertz CT molecular complexity index is 894. The second kappa shape index (κ2) is 8.41. The SMILES string of the molecule is O=C(/C=C/c1cccc(Cl)c1)N1CCN(c2ncc(C(F)(F)F)cc2Cl)CC1. The summed E-state index contributed by atoms with van der Waals surface area (Å²) in [5.41, 5.74) is -0.0681. The standard InChI is InChI=1S/C19H16Cl2F3N3O/c20-15-3-1-2-13(10-15)4-5-17(28)26-6-8-27(9-7-26)18-16(21)11-14(12-25-18)19(22,23)24/h1-5,10-12H,6-9H2/b5-4+. The number of carbonyl (C=O) groups is 1. The highest BCUT2D eigenvalue weighted by Crippen LogP contribution is 2.33. The highest BCUT2D eigenvalue weighted by molar-refractivity contribution is 6.33. The average molecular weight is 430 g/mol. The molecule has 3 rings (SSSR count). The molecular weight excluding hydrogens is 414 g/mol. The van der Waals surface area contributed by atoms with Crippen molar-refractivity contribution in [2.45, 2.75) is 6.18 Å². The van der Waals surface area contributed by atoms with Gasteiger partial charge in [-0.25, -0.2) is 4.98 Å². The highest BCUT2D eigenvalue weighted by Gasteiger charge is 2.32. The number of pyridine rings is 1. The second-order valence-corrected chi connectivity index (χ2v) is 7.07. The van der Waals surface area contributed by atoms with Gasteiger partial charge in [0.1, 0.15) is 5.82 Å². The number of aromatic nitrogens is 1. The van der Waals surface area contributed by atoms with E-state index in [4.69, 9.17) is 23.2 Å². The van der Waals surface area contributed by atoms with Crippen LogP contribution in [0.2, 0.25) is 10.0 Å². The minimum absolute atomic E-state index is 0.0598. The predicted octanol–water partition coefficient (Wildman–Crippen LogP) is 4.77. The number of carbonyl (C=O) groups excluding carboxylic acids is 1. The average Bonchev–Trinajstić information content (AvgIpc) is 2.65. The molecule has 0 N–H and O–H groups in total. The normalized spacial score (nSPS) is 15.3. The number of hydrogen-bond donors (Lipinski definition) is 0. The van der Waals surface area contributed by atoms with Crippen LogP contribution in [0.15, 0.2) is 42.6 Å². The number of halogens is 5. The van der Waals surface area contributed by atoms with Crippen molar-refractivity contribution in [3.05, 3.63) is 63.8 Å². The molecule has 0 aliphatic carbocycles. The van der Waals surface area contributed by atoms with Crippen LogP contribution >= 0.6 is 23.2 Å². The van der Waals surface area contributed by atoms with E-state index >= 15 is 0 Å². The molecule has 0 unspecified atom stereocenters. The summed E-state index contributed by atoms with van der Waals surface area (Å²) in [5.74, 6) is 0.141. The van der Waals surface area contributed by atoms with Crippen molar-refractivity contribution < 1.29 is 18.0 Å². The van der Waals surface area contributed by atoms with Gasteiger partial charge in [0.15, 0.2) is 0 Å². The molecule has 0 radical (unpaired) electrons. The fourth-order valence-corrected chi connectivity index (χ4v) is 3.32. The summed E-state index contributed by atoms with van der Waals surface area (Å²) >= 11 is 11.9. The molecule has 28 heavy (non-hydrogen) atoms. The Hall–Kier alpha value is -2.25. The van der Waals surface area contributed by atoms with Crippen LogP contribution in [-0.2, 0) is 11.0 Å². The minimum Gasteiger partial charge on any atom is -0.352 e. The molecule has 0 atom stereocenters. The first-order valence-electron chi connectivity index (χ1n) is 8.44. The molecule has 1 aromatic carbocycles. The number of piperazine rings is 1. The van der Waals surface area contributed by atoms with E-state index in [0.29, 0.717) is 31.2 Å². The lowest BCUT2D eigenvalue weighted by atomic mass is 10.2. The summed E-state index contributed by atoms with van der Waals surface area (Å²) in [6.45, 7) is 1.68. The molecule has 0 saturated carbocycles. The van der Waals surface area contributed by atoms with Crippen LogP contribution in [0, 0.1) is 0 Å². The van der Waals surface area contributed by atoms with Gasteiger partial charge < -0.3 is 9.80 Å². The van der Waals surface area contributed by atoms with E-state index in [-0.39, 0.29) is 16.7 Å². The molecule has 0 bridgehead atoms. The van der Waals surface area contributed by atoms with E-state index in [1.807, 2.05) is 6.07 Å². The van der Waals surface area contributed by atoms with Crippen LogP contribution in [0.1, 0.15) is 11.1 Å². The molecule has 9 heteroatoms. The highest BCUT2D eigenvalue weighted by atomic mass is 35.5. The maximum Gasteiger partial charge on any atom is 0.417 e. The van der Waals surface area contributed by atoms with Gasteiger partial charge in [0.2, 0.25) is 5.91 Å². The Labute approximate surface area is 170 Å². The van der Waals surface area contributed by atoms with Crippen molar-refractivity contribution in [1.29, 1.82) is 0 Å². The van der Waals surface area contributed by atoms with Gasteiger partial charge in [-0.15, -0.1) is 0 Å². The predicted molar refractivity (Wildman–Crippen MR) is 104 cm³/mol. The number of rotatable bonds is 3. The molecule has 1 aliphatic rings. The zero-order valence-electron chi connectivity index (χ0n) is 14.6. The second-order valence-electron chi connectivity index (χ2n) is 6.23. The van der Waals surface area contributed by atoms with Gasteiger partial charge in [-0.05, 0) is 29.8 Å². The van der Waals surface area contributed by atoms with E-state index in [2.05, 4.69) is 4.98 Å². The number of anilines is 1. The van der Waals surface area contributed by atoms with Gasteiger partial charge in [-0.3, -0.25) is 4.79 Å². The number of amides is 1. The topological polar surface area (TPSA) is 36.4 Å². The number of benzene rings is 1. The molecule has 2 heterocycles. The third kappa shape index (κ3) is 4.97. The van der Waals surface area contributed by atoms with Crippen molar-refractivity contribution >= 4 is 41.0 Å². The van der Waals surface area contributed by atoms with E-state index < -0.39 is 11.7 Å². The van der Waals surface area contributed by atoms with Crippen molar-refractivity contribution in [2.75, 3.05) is 31.1 Å². The first-order chi connectivity index (χ1) is 13.2. The van der Waals surface area contributed by atoms with Gasteiger partial charge >= 0.3 is 6.18 Å². The van der Waals surface area contributed by atoms with Gasteiger partial charge in [0, 0.05) is 43.5 Å². The van der Waals surface area contributed by atoms with Crippen molar-refractivity contribution in [1.82, 2.24) is 9.88 Å². The first kappa shape index (κ1) is 20.5. The van der Waals surface area contributed by atoms with Crippen LogP contribution in [0.4, 0.5) is 19.0 Å². The third-order valence-electron chi connectivity index (χ3n) is 4.31. The van der Waals surface area contributed by atoms with Crippen LogP contribution in [0.3, 0.4) is 0 Å². The lowest BCUT2D eigenvalue weighted by Gasteiger charge is -2.35. The summed E-state index contributed by atoms with van der Waals surface area (Å²) in [7, 11) is 0. The number of alkyl halides is 3. The Morgan fingerprint density at radius 3 is 2.43 bits per heavy atom. The lowest BCUT2D eigenvalue weighted by molar-refractivity contribution is -0.137. The Balaban J connectivity index is 1.60. The minimum atomic E-state index is -4.49. The Morgan fingerprint density at radius 2 is 1.82 bits per heavy atom. The monoisotopic (exact) mass is 429 g/mol. The van der Waals surface area contributed by atoms with Crippen LogP contribution < -0.4 is 4.90 Å². The summed E-state index contributed by atoms with van der Waals surface area (Å²) < 4.78 is 38.2. The quantitative estimate of drug-likeness (QED) is 0.659. The van der Waals surface area contributed by atoms with Crippen LogP contribution in [-0.4, -0.2) is 42.0 Å². The maximum atomic E-state index is 12.7. The van der Waals surface area contributed by atoms with Gasteiger partial charge in [-0.1, -0.05) is 35.3 Å². The molecule has 1 saturated heterocycles. The smallest absolute Gasteiger partial charge is 0.352 e. The Kier molecular flexibility index (Phi) is 6.15. The number of nitrogens with zero attached hydrogens (tertiary/aromatic N) is 3. The fraction of sp³-hybridized carbons (Fsp3) is 0.263. The zero-order chi connectivity index (χ0) is 20.3. The van der Waals surface area contributed by atoms with Crippen molar-refractivity contribution in [3.8, 4) is 0 Å². The largest absolute Gasteiger partial charge is 0.417 e. The molecule has 4 nitrogen and oxygen atoms in total. The molecule has 1 aliphatic heterocycles. The lowest BCUT2D eigenvalue weighted by Crippen LogP contribution is -2.48. The molecule has 2 aromatic rings. The maximum absolute atomic E-state index is 12.7. The van der Waals surface area contributed by atoms with Gasteiger partial charge in [-0.2, -0.15) is 13.2 Å². The van der Waals surface area contributed by atoms with Crippen molar-refractivity contribution in [3.63, 3.8) is 0 Å². The molecule has 0 spiro atoms. The number of hydrogen-bond acceptors (Lipinski definition) is 3. The van der Waals surface area contributed by atoms with Crippen LogP contribution in [0.25, 0.3) is 6.08 Å². The van der Waals surface area contributed by atoms with E-state index in [1.165, 1.54) is 6.08 Å². The molecule has 1 fully saturated rings. The van der Waals surface area contributed by atoms with Gasteiger partial charge in [0.05, 0.1) is 10.6 Å². The molecular formula is C19H16Cl2F3N3O. The molecule has 148 valence electrons. The Morgan fingerprint density at radius 1 is 1.11 bits per heavy atom. The summed E-state index contributed by atoms with van der Waals surface area (Å²) in [6.07, 6.45) is -0.554. The fourth-order valence-electron chi connectivity index (χ4n) is 2.84. The zero-order valence-corrected chi connectivity index (χ0v) is 16.1. The summed E-state index contributed by atoms with van der Waals surface area (Å²) in [4.78, 5) is 19.6. The van der Waals surface area contributed by atoms with E-state index in [0.717, 1.165) is 17.8 Å².